The van der Waals surface area contributed by atoms with E-state index in [1.54, 1.807) is 0 Å². The maximum absolute atomic E-state index is 11.2. The van der Waals surface area contributed by atoms with Crippen molar-refractivity contribution >= 4 is 5.91 Å². The second kappa shape index (κ2) is 6.79. The van der Waals surface area contributed by atoms with Crippen LogP contribution in [0.15, 0.2) is 0 Å². The van der Waals surface area contributed by atoms with E-state index in [1.165, 1.54) is 0 Å². The Balaban J connectivity index is 1.77. The van der Waals surface area contributed by atoms with Gasteiger partial charge in [0.25, 0.3) is 0 Å². The molecule has 1 rings (SSSR count). The fraction of sp³-hybridized carbons (Fsp3) is 0.900. The number of carbonyl (C=O) groups excluding carboxylic acids is 1. The molecule has 0 heterocycles. The van der Waals surface area contributed by atoms with E-state index in [4.69, 9.17) is 4.74 Å². The molecule has 0 aliphatic heterocycles. The molecule has 1 saturated carbocycles. The first kappa shape index (κ1) is 11.5. The van der Waals surface area contributed by atoms with Crippen LogP contribution in [0.4, 0.5) is 0 Å². The zero-order chi connectivity index (χ0) is 10.2. The van der Waals surface area contributed by atoms with Crippen LogP contribution in [0.2, 0.25) is 0 Å². The van der Waals surface area contributed by atoms with E-state index in [2.05, 4.69) is 10.6 Å². The van der Waals surface area contributed by atoms with Crippen LogP contribution in [0.1, 0.15) is 19.8 Å². The predicted octanol–water partition coefficient (Wildman–Crippen LogP) is 0.139. The van der Waals surface area contributed by atoms with Crippen molar-refractivity contribution in [1.29, 1.82) is 0 Å². The van der Waals surface area contributed by atoms with Gasteiger partial charge in [0.1, 0.15) is 0 Å². The summed E-state index contributed by atoms with van der Waals surface area (Å²) >= 11 is 0. The molecule has 0 aromatic carbocycles. The summed E-state index contributed by atoms with van der Waals surface area (Å²) in [5.41, 5.74) is 0. The van der Waals surface area contributed by atoms with Crippen LogP contribution in [0, 0.1) is 5.92 Å². The molecule has 1 amide bonds. The second-order valence-corrected chi connectivity index (χ2v) is 3.51. The van der Waals surface area contributed by atoms with Gasteiger partial charge in [-0.3, -0.25) is 4.79 Å². The van der Waals surface area contributed by atoms with Gasteiger partial charge in [-0.1, -0.05) is 0 Å². The van der Waals surface area contributed by atoms with Crippen LogP contribution in [0.3, 0.4) is 0 Å². The summed E-state index contributed by atoms with van der Waals surface area (Å²) in [6.45, 7) is 5.89. The molecule has 0 atom stereocenters. The molecular formula is C10H20N2O2. The molecule has 82 valence electrons. The molecule has 1 aliphatic rings. The second-order valence-electron chi connectivity index (χ2n) is 3.51. The summed E-state index contributed by atoms with van der Waals surface area (Å²) in [6, 6.07) is 0. The van der Waals surface area contributed by atoms with Crippen LogP contribution in [0.5, 0.6) is 0 Å². The number of carbonyl (C=O) groups is 1. The minimum absolute atomic E-state index is 0.219. The molecule has 0 aromatic heterocycles. The molecule has 2 N–H and O–H groups in total. The molecule has 0 saturated heterocycles. The molecule has 14 heavy (non-hydrogen) atoms. The highest BCUT2D eigenvalue weighted by Gasteiger charge is 2.28. The summed E-state index contributed by atoms with van der Waals surface area (Å²) in [7, 11) is 0. The summed E-state index contributed by atoms with van der Waals surface area (Å²) in [4.78, 5) is 11.2. The number of rotatable bonds is 8. The molecule has 0 aromatic rings. The maximum atomic E-state index is 11.2. The first-order chi connectivity index (χ1) is 6.84. The van der Waals surface area contributed by atoms with Crippen LogP contribution < -0.4 is 10.6 Å². The van der Waals surface area contributed by atoms with Crippen molar-refractivity contribution in [2.75, 3.05) is 32.8 Å². The Bertz CT molecular complexity index is 170. The van der Waals surface area contributed by atoms with Gasteiger partial charge in [0.2, 0.25) is 5.91 Å². The number of ether oxygens (including phenoxy) is 1. The Labute approximate surface area is 85.4 Å². The Morgan fingerprint density at radius 3 is 2.79 bits per heavy atom. The van der Waals surface area contributed by atoms with Gasteiger partial charge in [-0.25, -0.2) is 0 Å². The highest BCUT2D eigenvalue weighted by molar-refractivity contribution is 5.80. The van der Waals surface area contributed by atoms with Crippen molar-refractivity contribution < 1.29 is 9.53 Å². The average Bonchev–Trinajstić information content (AvgIpc) is 2.99. The van der Waals surface area contributed by atoms with E-state index in [1.807, 2.05) is 6.92 Å². The third-order valence-electron chi connectivity index (χ3n) is 2.18. The van der Waals surface area contributed by atoms with E-state index in [0.717, 1.165) is 45.7 Å². The molecule has 0 bridgehead atoms. The normalized spacial score (nSPS) is 15.5. The largest absolute Gasteiger partial charge is 0.380 e. The monoisotopic (exact) mass is 200 g/mol. The van der Waals surface area contributed by atoms with Crippen molar-refractivity contribution in [1.82, 2.24) is 10.6 Å². The summed E-state index contributed by atoms with van der Waals surface area (Å²) in [6.07, 6.45) is 2.15. The standard InChI is InChI=1S/C10H20N2O2/c1-2-14-8-7-11-5-6-12-10(13)9-3-4-9/h9,11H,2-8H2,1H3,(H,12,13). The predicted molar refractivity (Wildman–Crippen MR) is 55.1 cm³/mol. The van der Waals surface area contributed by atoms with E-state index >= 15 is 0 Å². The Morgan fingerprint density at radius 2 is 2.14 bits per heavy atom. The number of nitrogens with one attached hydrogen (secondary N) is 2. The molecule has 4 nitrogen and oxygen atoms in total. The van der Waals surface area contributed by atoms with Gasteiger partial charge in [-0.15, -0.1) is 0 Å². The zero-order valence-electron chi connectivity index (χ0n) is 8.84. The molecule has 1 fully saturated rings. The SMILES string of the molecule is CCOCCNCCNC(=O)C1CC1. The zero-order valence-corrected chi connectivity index (χ0v) is 8.84. The van der Waals surface area contributed by atoms with Gasteiger partial charge in [0.05, 0.1) is 6.61 Å². The number of amides is 1. The number of hydrogen-bond donors (Lipinski definition) is 2. The molecule has 1 aliphatic carbocycles. The minimum Gasteiger partial charge on any atom is -0.380 e. The quantitative estimate of drug-likeness (QED) is 0.548. The fourth-order valence-electron chi connectivity index (χ4n) is 1.18. The Kier molecular flexibility index (Phi) is 5.56. The van der Waals surface area contributed by atoms with E-state index < -0.39 is 0 Å². The Hall–Kier alpha value is -0.610. The molecule has 0 radical (unpaired) electrons. The van der Waals surface area contributed by atoms with E-state index in [-0.39, 0.29) is 5.91 Å². The van der Waals surface area contributed by atoms with Crippen molar-refractivity contribution in [3.63, 3.8) is 0 Å². The van der Waals surface area contributed by atoms with Gasteiger partial charge in [0, 0.05) is 32.2 Å². The first-order valence-corrected chi connectivity index (χ1v) is 5.40. The lowest BCUT2D eigenvalue weighted by atomic mass is 10.4. The Morgan fingerprint density at radius 1 is 1.36 bits per heavy atom. The summed E-state index contributed by atoms with van der Waals surface area (Å²) in [5.74, 6) is 0.537. The van der Waals surface area contributed by atoms with E-state index in [9.17, 15) is 4.79 Å². The van der Waals surface area contributed by atoms with Gasteiger partial charge in [0.15, 0.2) is 0 Å². The number of hydrogen-bond acceptors (Lipinski definition) is 3. The smallest absolute Gasteiger partial charge is 0.223 e. The lowest BCUT2D eigenvalue weighted by Gasteiger charge is -2.06. The van der Waals surface area contributed by atoms with Crippen molar-refractivity contribution in [2.45, 2.75) is 19.8 Å². The van der Waals surface area contributed by atoms with Crippen LogP contribution in [-0.4, -0.2) is 38.8 Å². The fourth-order valence-corrected chi connectivity index (χ4v) is 1.18. The minimum atomic E-state index is 0.219. The summed E-state index contributed by atoms with van der Waals surface area (Å²) < 4.78 is 5.16. The third-order valence-corrected chi connectivity index (χ3v) is 2.18. The first-order valence-electron chi connectivity index (χ1n) is 5.40. The highest BCUT2D eigenvalue weighted by Crippen LogP contribution is 2.28. The van der Waals surface area contributed by atoms with Crippen LogP contribution in [-0.2, 0) is 9.53 Å². The lowest BCUT2D eigenvalue weighted by molar-refractivity contribution is -0.122. The third kappa shape index (κ3) is 5.19. The van der Waals surface area contributed by atoms with Gasteiger partial charge >= 0.3 is 0 Å². The highest BCUT2D eigenvalue weighted by atomic mass is 16.5. The van der Waals surface area contributed by atoms with Crippen LogP contribution in [0.25, 0.3) is 0 Å². The van der Waals surface area contributed by atoms with Crippen molar-refractivity contribution in [3.8, 4) is 0 Å². The van der Waals surface area contributed by atoms with Crippen LogP contribution >= 0.6 is 0 Å². The van der Waals surface area contributed by atoms with E-state index in [0.29, 0.717) is 5.92 Å². The van der Waals surface area contributed by atoms with Gasteiger partial charge in [-0.05, 0) is 19.8 Å². The topological polar surface area (TPSA) is 50.4 Å². The van der Waals surface area contributed by atoms with Gasteiger partial charge in [-0.2, -0.15) is 0 Å². The summed E-state index contributed by atoms with van der Waals surface area (Å²) in [5, 5.41) is 6.09. The molecular weight excluding hydrogens is 180 g/mol. The average molecular weight is 200 g/mol. The van der Waals surface area contributed by atoms with Crippen molar-refractivity contribution in [3.05, 3.63) is 0 Å². The molecule has 0 unspecified atom stereocenters. The molecule has 0 spiro atoms. The molecule has 4 heteroatoms. The lowest BCUT2D eigenvalue weighted by Crippen LogP contribution is -2.33. The van der Waals surface area contributed by atoms with Crippen molar-refractivity contribution in [2.24, 2.45) is 5.92 Å². The van der Waals surface area contributed by atoms with Gasteiger partial charge < -0.3 is 15.4 Å². The maximum Gasteiger partial charge on any atom is 0.223 e.